The van der Waals surface area contributed by atoms with Gasteiger partial charge in [0.05, 0.1) is 19.8 Å². The topological polar surface area (TPSA) is 76.3 Å². The van der Waals surface area contributed by atoms with Crippen molar-refractivity contribution in [1.29, 1.82) is 5.26 Å². The second kappa shape index (κ2) is 9.38. The van der Waals surface area contributed by atoms with Gasteiger partial charge in [-0.25, -0.2) is 0 Å². The first-order chi connectivity index (χ1) is 14.5. The number of hydrogen-bond acceptors (Lipinski definition) is 4. The molecule has 0 aliphatic rings. The summed E-state index contributed by atoms with van der Waals surface area (Å²) in [5.74, 6) is 0.978. The minimum absolute atomic E-state index is 0.301. The summed E-state index contributed by atoms with van der Waals surface area (Å²) in [6.07, 6.45) is 2.33. The van der Waals surface area contributed by atoms with Crippen molar-refractivity contribution in [2.24, 2.45) is 0 Å². The SMILES string of the molecule is COc1ccc(CCNC(=O)c2c(C#N)ccn2-c2ccc(Cl)cc2C)cc1OC. The molecule has 0 atom stereocenters. The Balaban J connectivity index is 1.78. The smallest absolute Gasteiger partial charge is 0.269 e. The Bertz CT molecular complexity index is 1120. The first-order valence-electron chi connectivity index (χ1n) is 9.35. The van der Waals surface area contributed by atoms with Gasteiger partial charge in [-0.3, -0.25) is 4.79 Å². The second-order valence-electron chi connectivity index (χ2n) is 6.69. The molecular weight excluding hydrogens is 402 g/mol. The van der Waals surface area contributed by atoms with Crippen molar-refractivity contribution in [2.45, 2.75) is 13.3 Å². The van der Waals surface area contributed by atoms with Crippen LogP contribution < -0.4 is 14.8 Å². The Morgan fingerprint density at radius 3 is 2.57 bits per heavy atom. The van der Waals surface area contributed by atoms with E-state index in [2.05, 4.69) is 11.4 Å². The number of benzene rings is 2. The summed E-state index contributed by atoms with van der Waals surface area (Å²) in [5.41, 5.74) is 3.31. The normalized spacial score (nSPS) is 10.4. The van der Waals surface area contributed by atoms with E-state index in [1.54, 1.807) is 37.1 Å². The summed E-state index contributed by atoms with van der Waals surface area (Å²) in [4.78, 5) is 12.9. The maximum atomic E-state index is 12.9. The molecule has 0 unspecified atom stereocenters. The van der Waals surface area contributed by atoms with Crippen LogP contribution in [0.3, 0.4) is 0 Å². The number of carbonyl (C=O) groups is 1. The number of nitrogens with zero attached hydrogens (tertiary/aromatic N) is 2. The number of amides is 1. The zero-order valence-corrected chi connectivity index (χ0v) is 17.8. The van der Waals surface area contributed by atoms with E-state index in [0.29, 0.717) is 40.7 Å². The van der Waals surface area contributed by atoms with Crippen LogP contribution in [0.1, 0.15) is 27.2 Å². The molecule has 3 rings (SSSR count). The predicted octanol–water partition coefficient (Wildman–Crippen LogP) is 4.30. The van der Waals surface area contributed by atoms with Crippen molar-refractivity contribution >= 4 is 17.5 Å². The number of hydrogen-bond donors (Lipinski definition) is 1. The number of nitriles is 1. The van der Waals surface area contributed by atoms with E-state index in [4.69, 9.17) is 21.1 Å². The van der Waals surface area contributed by atoms with Crippen LogP contribution in [-0.2, 0) is 6.42 Å². The highest BCUT2D eigenvalue weighted by Gasteiger charge is 2.19. The van der Waals surface area contributed by atoms with Gasteiger partial charge in [-0.15, -0.1) is 0 Å². The molecule has 154 valence electrons. The molecule has 1 N–H and O–H groups in total. The molecule has 30 heavy (non-hydrogen) atoms. The van der Waals surface area contributed by atoms with Gasteiger partial charge < -0.3 is 19.4 Å². The van der Waals surface area contributed by atoms with Gasteiger partial charge in [0.2, 0.25) is 0 Å². The molecule has 0 bridgehead atoms. The number of nitrogens with one attached hydrogen (secondary N) is 1. The van der Waals surface area contributed by atoms with Crippen LogP contribution in [0.25, 0.3) is 5.69 Å². The van der Waals surface area contributed by atoms with Gasteiger partial charge in [-0.1, -0.05) is 17.7 Å². The Morgan fingerprint density at radius 1 is 1.13 bits per heavy atom. The van der Waals surface area contributed by atoms with Gasteiger partial charge in [-0.05, 0) is 60.9 Å². The molecule has 1 aromatic heterocycles. The largest absolute Gasteiger partial charge is 0.493 e. The maximum Gasteiger partial charge on any atom is 0.269 e. The average molecular weight is 424 g/mol. The Labute approximate surface area is 180 Å². The van der Waals surface area contributed by atoms with Crippen LogP contribution in [-0.4, -0.2) is 31.2 Å². The lowest BCUT2D eigenvalue weighted by atomic mass is 10.1. The van der Waals surface area contributed by atoms with E-state index in [1.165, 1.54) is 0 Å². The van der Waals surface area contributed by atoms with Crippen molar-refractivity contribution in [1.82, 2.24) is 9.88 Å². The summed E-state index contributed by atoms with van der Waals surface area (Å²) < 4.78 is 12.3. The molecule has 1 heterocycles. The van der Waals surface area contributed by atoms with E-state index >= 15 is 0 Å². The second-order valence-corrected chi connectivity index (χ2v) is 7.12. The number of aromatic nitrogens is 1. The van der Waals surface area contributed by atoms with Gasteiger partial charge in [-0.2, -0.15) is 5.26 Å². The quantitative estimate of drug-likeness (QED) is 0.614. The van der Waals surface area contributed by atoms with Crippen LogP contribution in [0.5, 0.6) is 11.5 Å². The molecule has 0 spiro atoms. The van der Waals surface area contributed by atoms with Crippen molar-refractivity contribution in [3.63, 3.8) is 0 Å². The van der Waals surface area contributed by atoms with Gasteiger partial charge in [0.25, 0.3) is 5.91 Å². The Hall–Kier alpha value is -3.43. The molecule has 2 aromatic carbocycles. The highest BCUT2D eigenvalue weighted by Crippen LogP contribution is 2.27. The van der Waals surface area contributed by atoms with Crippen LogP contribution in [0.15, 0.2) is 48.7 Å². The lowest BCUT2D eigenvalue weighted by molar-refractivity contribution is 0.0947. The maximum absolute atomic E-state index is 12.9. The van der Waals surface area contributed by atoms with Crippen molar-refractivity contribution in [2.75, 3.05) is 20.8 Å². The molecule has 0 saturated heterocycles. The zero-order valence-electron chi connectivity index (χ0n) is 17.0. The minimum atomic E-state index is -0.314. The molecule has 3 aromatic rings. The monoisotopic (exact) mass is 423 g/mol. The molecule has 1 amide bonds. The number of methoxy groups -OCH3 is 2. The molecule has 6 nitrogen and oxygen atoms in total. The summed E-state index contributed by atoms with van der Waals surface area (Å²) >= 11 is 6.05. The first kappa shape index (κ1) is 21.3. The van der Waals surface area contributed by atoms with Crippen molar-refractivity contribution in [3.05, 3.63) is 76.1 Å². The van der Waals surface area contributed by atoms with Crippen LogP contribution >= 0.6 is 11.6 Å². The number of halogens is 1. The molecule has 0 saturated carbocycles. The molecule has 0 aliphatic carbocycles. The van der Waals surface area contributed by atoms with E-state index in [9.17, 15) is 10.1 Å². The summed E-state index contributed by atoms with van der Waals surface area (Å²) in [7, 11) is 3.17. The fourth-order valence-corrected chi connectivity index (χ4v) is 3.51. The summed E-state index contributed by atoms with van der Waals surface area (Å²) in [6, 6.07) is 14.8. The van der Waals surface area contributed by atoms with Crippen LogP contribution in [0, 0.1) is 18.3 Å². The number of carbonyl (C=O) groups excluding carboxylic acids is 1. The third kappa shape index (κ3) is 4.42. The van der Waals surface area contributed by atoms with E-state index in [1.807, 2.05) is 37.3 Å². The fraction of sp³-hybridized carbons (Fsp3) is 0.217. The van der Waals surface area contributed by atoms with E-state index in [0.717, 1.165) is 16.8 Å². The molecule has 0 radical (unpaired) electrons. The van der Waals surface area contributed by atoms with Crippen molar-refractivity contribution in [3.8, 4) is 23.3 Å². The summed E-state index contributed by atoms with van der Waals surface area (Å²) in [5, 5.41) is 13.0. The third-order valence-electron chi connectivity index (χ3n) is 4.79. The lowest BCUT2D eigenvalue weighted by Crippen LogP contribution is -2.28. The molecule has 7 heteroatoms. The van der Waals surface area contributed by atoms with Gasteiger partial charge in [0.1, 0.15) is 11.8 Å². The third-order valence-corrected chi connectivity index (χ3v) is 5.02. The summed E-state index contributed by atoms with van der Waals surface area (Å²) in [6.45, 7) is 2.32. The average Bonchev–Trinajstić information content (AvgIpc) is 3.17. The van der Waals surface area contributed by atoms with Gasteiger partial charge >= 0.3 is 0 Å². The number of ether oxygens (including phenoxy) is 2. The van der Waals surface area contributed by atoms with E-state index in [-0.39, 0.29) is 5.91 Å². The van der Waals surface area contributed by atoms with Crippen LogP contribution in [0.4, 0.5) is 0 Å². The highest BCUT2D eigenvalue weighted by atomic mass is 35.5. The Morgan fingerprint density at radius 2 is 1.90 bits per heavy atom. The molecule has 0 fully saturated rings. The standard InChI is InChI=1S/C23H22ClN3O3/c1-15-12-18(24)5-6-19(15)27-11-9-17(14-25)22(27)23(28)26-10-8-16-4-7-20(29-2)21(13-16)30-3/h4-7,9,11-13H,8,10H2,1-3H3,(H,26,28). The lowest BCUT2D eigenvalue weighted by Gasteiger charge is -2.13. The Kier molecular flexibility index (Phi) is 6.65. The van der Waals surface area contributed by atoms with Gasteiger partial charge in [0.15, 0.2) is 11.5 Å². The highest BCUT2D eigenvalue weighted by molar-refractivity contribution is 6.30. The number of rotatable bonds is 7. The zero-order chi connectivity index (χ0) is 21.7. The first-order valence-corrected chi connectivity index (χ1v) is 9.73. The molecular formula is C23H22ClN3O3. The van der Waals surface area contributed by atoms with Crippen molar-refractivity contribution < 1.29 is 14.3 Å². The van der Waals surface area contributed by atoms with E-state index < -0.39 is 0 Å². The molecule has 0 aliphatic heterocycles. The minimum Gasteiger partial charge on any atom is -0.493 e. The van der Waals surface area contributed by atoms with Gasteiger partial charge in [0, 0.05) is 23.5 Å². The number of aryl methyl sites for hydroxylation is 1. The van der Waals surface area contributed by atoms with Crippen LogP contribution in [0.2, 0.25) is 5.02 Å². The fourth-order valence-electron chi connectivity index (χ4n) is 3.28. The predicted molar refractivity (Wildman–Crippen MR) is 116 cm³/mol.